The van der Waals surface area contributed by atoms with Crippen molar-refractivity contribution < 1.29 is 4.74 Å². The van der Waals surface area contributed by atoms with E-state index in [1.165, 1.54) is 18.5 Å². The molecule has 0 aliphatic heterocycles. The lowest BCUT2D eigenvalue weighted by molar-refractivity contribution is 0.211. The first-order valence-electron chi connectivity index (χ1n) is 7.54. The quantitative estimate of drug-likeness (QED) is 0.810. The zero-order chi connectivity index (χ0) is 13.8. The van der Waals surface area contributed by atoms with Crippen molar-refractivity contribution in [2.75, 3.05) is 11.9 Å². The van der Waals surface area contributed by atoms with E-state index in [4.69, 9.17) is 4.74 Å². The van der Waals surface area contributed by atoms with Gasteiger partial charge in [0.15, 0.2) is 0 Å². The summed E-state index contributed by atoms with van der Waals surface area (Å²) in [6.07, 6.45) is 2.60. The smallest absolute Gasteiger partial charge is 0.121 e. The van der Waals surface area contributed by atoms with Crippen LogP contribution in [-0.4, -0.2) is 12.6 Å². The maximum absolute atomic E-state index is 5.76. The van der Waals surface area contributed by atoms with Crippen molar-refractivity contribution in [2.45, 2.75) is 46.6 Å². The first-order chi connectivity index (χ1) is 9.04. The van der Waals surface area contributed by atoms with Crippen molar-refractivity contribution in [3.8, 4) is 5.75 Å². The Morgan fingerprint density at radius 2 is 1.95 bits per heavy atom. The normalized spacial score (nSPS) is 22.4. The molecule has 2 nitrogen and oxygen atoms in total. The van der Waals surface area contributed by atoms with Gasteiger partial charge in [-0.3, -0.25) is 0 Å². The Kier molecular flexibility index (Phi) is 4.73. The highest BCUT2D eigenvalue weighted by molar-refractivity contribution is 5.49. The maximum atomic E-state index is 5.76. The standard InChI is InChI=1S/C17H27NO/c1-12(2)11-19-17-7-5-6-15(10-17)18-16-8-14(9-16)13(3)4/h5-7,10,12-14,16,18H,8-9,11H2,1-4H3. The fraction of sp³-hybridized carbons (Fsp3) is 0.647. The third-order valence-electron chi connectivity index (χ3n) is 3.91. The van der Waals surface area contributed by atoms with Gasteiger partial charge in [-0.15, -0.1) is 0 Å². The van der Waals surface area contributed by atoms with E-state index < -0.39 is 0 Å². The molecule has 0 saturated heterocycles. The average molecular weight is 261 g/mol. The van der Waals surface area contributed by atoms with Gasteiger partial charge in [-0.25, -0.2) is 0 Å². The Bertz CT molecular complexity index is 394. The van der Waals surface area contributed by atoms with Crippen LogP contribution >= 0.6 is 0 Å². The number of benzene rings is 1. The zero-order valence-electron chi connectivity index (χ0n) is 12.6. The molecule has 0 atom stereocenters. The van der Waals surface area contributed by atoms with Gasteiger partial charge in [-0.1, -0.05) is 33.8 Å². The number of anilines is 1. The minimum Gasteiger partial charge on any atom is -0.493 e. The molecule has 0 heterocycles. The fourth-order valence-electron chi connectivity index (χ4n) is 2.50. The Labute approximate surface area is 117 Å². The van der Waals surface area contributed by atoms with Crippen molar-refractivity contribution in [1.82, 2.24) is 0 Å². The van der Waals surface area contributed by atoms with E-state index in [1.54, 1.807) is 0 Å². The average Bonchev–Trinajstić information content (AvgIpc) is 2.31. The molecule has 1 saturated carbocycles. The monoisotopic (exact) mass is 261 g/mol. The fourth-order valence-corrected chi connectivity index (χ4v) is 2.50. The van der Waals surface area contributed by atoms with Gasteiger partial charge in [0.25, 0.3) is 0 Å². The van der Waals surface area contributed by atoms with Crippen LogP contribution in [0.25, 0.3) is 0 Å². The van der Waals surface area contributed by atoms with Gasteiger partial charge in [-0.05, 0) is 42.7 Å². The van der Waals surface area contributed by atoms with E-state index in [2.05, 4.69) is 51.2 Å². The molecule has 106 valence electrons. The van der Waals surface area contributed by atoms with E-state index in [0.717, 1.165) is 24.2 Å². The zero-order valence-corrected chi connectivity index (χ0v) is 12.6. The molecule has 0 amide bonds. The number of ether oxygens (including phenoxy) is 1. The van der Waals surface area contributed by atoms with Gasteiger partial charge >= 0.3 is 0 Å². The van der Waals surface area contributed by atoms with Crippen molar-refractivity contribution in [3.05, 3.63) is 24.3 Å². The van der Waals surface area contributed by atoms with Gasteiger partial charge in [0.2, 0.25) is 0 Å². The highest BCUT2D eigenvalue weighted by Gasteiger charge is 2.30. The minimum atomic E-state index is 0.565. The summed E-state index contributed by atoms with van der Waals surface area (Å²) in [4.78, 5) is 0. The molecule has 19 heavy (non-hydrogen) atoms. The van der Waals surface area contributed by atoms with E-state index in [0.29, 0.717) is 12.0 Å². The van der Waals surface area contributed by atoms with Gasteiger partial charge in [-0.2, -0.15) is 0 Å². The summed E-state index contributed by atoms with van der Waals surface area (Å²) in [7, 11) is 0. The maximum Gasteiger partial charge on any atom is 0.121 e. The molecule has 0 unspecified atom stereocenters. The summed E-state index contributed by atoms with van der Waals surface area (Å²) in [6.45, 7) is 9.76. The van der Waals surface area contributed by atoms with Crippen molar-refractivity contribution >= 4 is 5.69 Å². The lowest BCUT2D eigenvalue weighted by Gasteiger charge is -2.39. The van der Waals surface area contributed by atoms with E-state index in [9.17, 15) is 0 Å². The lowest BCUT2D eigenvalue weighted by Crippen LogP contribution is -2.37. The Morgan fingerprint density at radius 3 is 2.58 bits per heavy atom. The second kappa shape index (κ2) is 6.31. The molecule has 0 radical (unpaired) electrons. The van der Waals surface area contributed by atoms with Crippen molar-refractivity contribution in [2.24, 2.45) is 17.8 Å². The van der Waals surface area contributed by atoms with E-state index in [1.807, 2.05) is 6.07 Å². The Morgan fingerprint density at radius 1 is 1.21 bits per heavy atom. The van der Waals surface area contributed by atoms with Crippen LogP contribution in [0.1, 0.15) is 40.5 Å². The van der Waals surface area contributed by atoms with Gasteiger partial charge in [0, 0.05) is 17.8 Å². The van der Waals surface area contributed by atoms with Crippen LogP contribution in [0, 0.1) is 17.8 Å². The van der Waals surface area contributed by atoms with Crippen LogP contribution in [0.2, 0.25) is 0 Å². The van der Waals surface area contributed by atoms with E-state index >= 15 is 0 Å². The summed E-state index contributed by atoms with van der Waals surface area (Å²) in [6, 6.07) is 8.99. The first-order valence-corrected chi connectivity index (χ1v) is 7.54. The van der Waals surface area contributed by atoms with Crippen LogP contribution < -0.4 is 10.1 Å². The first kappa shape index (κ1) is 14.2. The summed E-state index contributed by atoms with van der Waals surface area (Å²) in [5, 5.41) is 3.61. The number of hydrogen-bond donors (Lipinski definition) is 1. The van der Waals surface area contributed by atoms with Crippen LogP contribution in [0.15, 0.2) is 24.3 Å². The molecule has 1 aromatic carbocycles. The number of hydrogen-bond acceptors (Lipinski definition) is 2. The molecule has 0 bridgehead atoms. The van der Waals surface area contributed by atoms with Gasteiger partial charge < -0.3 is 10.1 Å². The van der Waals surface area contributed by atoms with Crippen molar-refractivity contribution in [3.63, 3.8) is 0 Å². The minimum absolute atomic E-state index is 0.565. The van der Waals surface area contributed by atoms with Crippen molar-refractivity contribution in [1.29, 1.82) is 0 Å². The van der Waals surface area contributed by atoms with Crippen LogP contribution in [0.3, 0.4) is 0 Å². The third kappa shape index (κ3) is 4.15. The number of rotatable bonds is 6. The second-order valence-electron chi connectivity index (χ2n) is 6.55. The predicted molar refractivity (Wildman–Crippen MR) is 81.7 cm³/mol. The predicted octanol–water partition coefficient (Wildman–Crippen LogP) is 4.57. The summed E-state index contributed by atoms with van der Waals surface area (Å²) < 4.78 is 5.76. The highest BCUT2D eigenvalue weighted by Crippen LogP contribution is 2.35. The van der Waals surface area contributed by atoms with Gasteiger partial charge in [0.05, 0.1) is 6.61 Å². The molecule has 2 rings (SSSR count). The molecular formula is C17H27NO. The molecule has 1 aliphatic carbocycles. The highest BCUT2D eigenvalue weighted by atomic mass is 16.5. The molecule has 1 N–H and O–H groups in total. The molecular weight excluding hydrogens is 234 g/mol. The molecule has 0 spiro atoms. The molecule has 1 aliphatic rings. The van der Waals surface area contributed by atoms with Crippen LogP contribution in [0.5, 0.6) is 5.75 Å². The van der Waals surface area contributed by atoms with E-state index in [-0.39, 0.29) is 0 Å². The summed E-state index contributed by atoms with van der Waals surface area (Å²) in [5.74, 6) is 3.25. The second-order valence-corrected chi connectivity index (χ2v) is 6.55. The SMILES string of the molecule is CC(C)COc1cccc(NC2CC(C(C)C)C2)c1. The van der Waals surface area contributed by atoms with Crippen LogP contribution in [-0.2, 0) is 0 Å². The Hall–Kier alpha value is -1.18. The molecule has 0 aromatic heterocycles. The topological polar surface area (TPSA) is 21.3 Å². The Balaban J connectivity index is 1.83. The third-order valence-corrected chi connectivity index (χ3v) is 3.91. The molecule has 1 aromatic rings. The number of nitrogens with one attached hydrogen (secondary N) is 1. The van der Waals surface area contributed by atoms with Gasteiger partial charge in [0.1, 0.15) is 5.75 Å². The molecule has 2 heteroatoms. The van der Waals surface area contributed by atoms with Crippen LogP contribution in [0.4, 0.5) is 5.69 Å². The molecule has 1 fully saturated rings. The largest absolute Gasteiger partial charge is 0.493 e. The lowest BCUT2D eigenvalue weighted by atomic mass is 9.73. The summed E-state index contributed by atoms with van der Waals surface area (Å²) >= 11 is 0. The summed E-state index contributed by atoms with van der Waals surface area (Å²) in [5.41, 5.74) is 1.19.